The summed E-state index contributed by atoms with van der Waals surface area (Å²) in [5, 5.41) is 3.09. The van der Waals surface area contributed by atoms with E-state index in [1.165, 1.54) is 0 Å². The maximum absolute atomic E-state index is 14.3. The number of benzene rings is 1. The van der Waals surface area contributed by atoms with E-state index in [-0.39, 0.29) is 60.4 Å². The van der Waals surface area contributed by atoms with Crippen LogP contribution in [0.25, 0.3) is 0 Å². The highest BCUT2D eigenvalue weighted by Crippen LogP contribution is 2.61. The standard InChI is InChI=1S/C23H30F2N4O4S/c24-17-2-3-19(18(25)8-17)29-5-1-4-28(34(29,32)33)13-21(31)27-22-15-6-14-7-16(22)11-23(9-14,10-15)12-20(26)30/h2-3,8,14-16,22H,1,4-7,9-13H2,(H2,26,30)(H,27,31). The third-order valence-electron chi connectivity index (χ3n) is 8.15. The van der Waals surface area contributed by atoms with Crippen molar-refractivity contribution in [1.29, 1.82) is 0 Å². The molecule has 3 N–H and O–H groups in total. The van der Waals surface area contributed by atoms with Crippen LogP contribution in [0.15, 0.2) is 18.2 Å². The van der Waals surface area contributed by atoms with Gasteiger partial charge in [-0.3, -0.25) is 13.9 Å². The molecule has 0 aromatic heterocycles. The van der Waals surface area contributed by atoms with Gasteiger partial charge in [-0.1, -0.05) is 0 Å². The van der Waals surface area contributed by atoms with Crippen LogP contribution in [0.3, 0.4) is 0 Å². The van der Waals surface area contributed by atoms with Crippen molar-refractivity contribution in [3.05, 3.63) is 29.8 Å². The molecule has 1 aromatic rings. The summed E-state index contributed by atoms with van der Waals surface area (Å²) in [7, 11) is -4.14. The lowest BCUT2D eigenvalue weighted by atomic mass is 9.47. The van der Waals surface area contributed by atoms with Gasteiger partial charge in [-0.25, -0.2) is 8.78 Å². The fourth-order valence-corrected chi connectivity index (χ4v) is 8.93. The van der Waals surface area contributed by atoms with Gasteiger partial charge in [0.25, 0.3) is 0 Å². The number of carbonyl (C=O) groups excluding carboxylic acids is 2. The van der Waals surface area contributed by atoms with Gasteiger partial charge in [0.1, 0.15) is 11.6 Å². The van der Waals surface area contributed by atoms with E-state index in [0.717, 1.165) is 52.8 Å². The van der Waals surface area contributed by atoms with Crippen molar-refractivity contribution in [1.82, 2.24) is 9.62 Å². The van der Waals surface area contributed by atoms with Crippen molar-refractivity contribution < 1.29 is 26.8 Å². The molecule has 8 nitrogen and oxygen atoms in total. The van der Waals surface area contributed by atoms with Crippen LogP contribution >= 0.6 is 0 Å². The van der Waals surface area contributed by atoms with E-state index < -0.39 is 21.8 Å². The van der Waals surface area contributed by atoms with E-state index in [1.807, 2.05) is 0 Å². The zero-order valence-electron chi connectivity index (χ0n) is 18.9. The van der Waals surface area contributed by atoms with Gasteiger partial charge in [-0.2, -0.15) is 12.7 Å². The Kier molecular flexibility index (Phi) is 5.83. The number of hydrogen-bond acceptors (Lipinski definition) is 4. The molecule has 2 unspecified atom stereocenters. The first-order chi connectivity index (χ1) is 16.1. The van der Waals surface area contributed by atoms with Crippen molar-refractivity contribution in [2.75, 3.05) is 23.9 Å². The number of nitrogens with zero attached hydrogens (tertiary/aromatic N) is 2. The van der Waals surface area contributed by atoms with Crippen LogP contribution in [0, 0.1) is 34.8 Å². The van der Waals surface area contributed by atoms with Gasteiger partial charge in [0.05, 0.1) is 12.2 Å². The normalized spacial score (nSPS) is 34.2. The lowest BCUT2D eigenvalue weighted by Crippen LogP contribution is -2.61. The first kappa shape index (κ1) is 23.5. The second kappa shape index (κ2) is 8.44. The van der Waals surface area contributed by atoms with Crippen molar-refractivity contribution in [2.45, 2.75) is 51.0 Å². The van der Waals surface area contributed by atoms with Gasteiger partial charge >= 0.3 is 10.2 Å². The smallest absolute Gasteiger partial charge is 0.304 e. The number of anilines is 1. The molecule has 5 fully saturated rings. The molecule has 0 radical (unpaired) electrons. The monoisotopic (exact) mass is 496 g/mol. The third kappa shape index (κ3) is 4.17. The Labute approximate surface area is 198 Å². The topological polar surface area (TPSA) is 113 Å². The summed E-state index contributed by atoms with van der Waals surface area (Å²) in [5.41, 5.74) is 5.23. The van der Waals surface area contributed by atoms with Crippen LogP contribution in [0.1, 0.15) is 44.9 Å². The average molecular weight is 497 g/mol. The number of amides is 2. The van der Waals surface area contributed by atoms with Crippen LogP contribution in [-0.2, 0) is 19.8 Å². The zero-order valence-corrected chi connectivity index (χ0v) is 19.7. The average Bonchev–Trinajstić information content (AvgIpc) is 2.71. The largest absolute Gasteiger partial charge is 0.370 e. The minimum Gasteiger partial charge on any atom is -0.370 e. The highest BCUT2D eigenvalue weighted by molar-refractivity contribution is 7.90. The van der Waals surface area contributed by atoms with Crippen molar-refractivity contribution in [3.8, 4) is 0 Å². The Morgan fingerprint density at radius 2 is 1.82 bits per heavy atom. The number of halogens is 2. The number of rotatable bonds is 6. The predicted molar refractivity (Wildman–Crippen MR) is 121 cm³/mol. The van der Waals surface area contributed by atoms with Crippen LogP contribution in [0.4, 0.5) is 14.5 Å². The van der Waals surface area contributed by atoms with Crippen LogP contribution in [0.5, 0.6) is 0 Å². The summed E-state index contributed by atoms with van der Waals surface area (Å²) in [6, 6.07) is 2.72. The summed E-state index contributed by atoms with van der Waals surface area (Å²) >= 11 is 0. The number of nitrogens with one attached hydrogen (secondary N) is 1. The summed E-state index contributed by atoms with van der Waals surface area (Å²) in [4.78, 5) is 24.6. The molecule has 5 aliphatic rings. The maximum Gasteiger partial charge on any atom is 0.304 e. The van der Waals surface area contributed by atoms with Gasteiger partial charge in [0.15, 0.2) is 0 Å². The number of carbonyl (C=O) groups is 2. The highest BCUT2D eigenvalue weighted by atomic mass is 32.2. The maximum atomic E-state index is 14.3. The Bertz CT molecular complexity index is 1100. The third-order valence-corrected chi connectivity index (χ3v) is 10.0. The molecule has 0 spiro atoms. The molecule has 1 aliphatic heterocycles. The van der Waals surface area contributed by atoms with E-state index in [0.29, 0.717) is 24.8 Å². The Morgan fingerprint density at radius 3 is 2.47 bits per heavy atom. The lowest BCUT2D eigenvalue weighted by molar-refractivity contribution is -0.134. The number of hydrogen-bond donors (Lipinski definition) is 2. The van der Waals surface area contributed by atoms with Crippen molar-refractivity contribution in [3.63, 3.8) is 0 Å². The molecule has 4 saturated carbocycles. The molecular formula is C23H30F2N4O4S. The fourth-order valence-electron chi connectivity index (χ4n) is 7.26. The Morgan fingerprint density at radius 1 is 1.12 bits per heavy atom. The minimum atomic E-state index is -4.14. The number of nitrogens with two attached hydrogens (primary N) is 1. The highest BCUT2D eigenvalue weighted by Gasteiger charge is 2.56. The molecule has 4 bridgehead atoms. The van der Waals surface area contributed by atoms with Crippen LogP contribution in [-0.4, -0.2) is 50.2 Å². The molecule has 6 rings (SSSR count). The molecule has 186 valence electrons. The van der Waals surface area contributed by atoms with E-state index in [2.05, 4.69) is 5.32 Å². The molecule has 1 aromatic carbocycles. The van der Waals surface area contributed by atoms with Crippen LogP contribution in [0.2, 0.25) is 0 Å². The first-order valence-corrected chi connectivity index (χ1v) is 13.3. The molecule has 2 atom stereocenters. The minimum absolute atomic E-state index is 0.0387. The van der Waals surface area contributed by atoms with Gasteiger partial charge < -0.3 is 11.1 Å². The summed E-state index contributed by atoms with van der Waals surface area (Å²) in [5.74, 6) is -1.35. The SMILES string of the molecule is NC(=O)CC12CC3CC(C1)C(NC(=O)CN1CCCN(c4ccc(F)cc4F)S1(=O)=O)C(C3)C2. The van der Waals surface area contributed by atoms with E-state index in [4.69, 9.17) is 5.73 Å². The lowest BCUT2D eigenvalue weighted by Gasteiger charge is -2.60. The zero-order chi connectivity index (χ0) is 24.3. The van der Waals surface area contributed by atoms with Gasteiger partial charge in [0, 0.05) is 31.6 Å². The second-order valence-corrected chi connectivity index (χ2v) is 12.4. The molecule has 11 heteroatoms. The summed E-state index contributed by atoms with van der Waals surface area (Å²) in [6.45, 7) is -0.150. The number of primary amides is 1. The van der Waals surface area contributed by atoms with Crippen molar-refractivity contribution >= 4 is 27.7 Å². The summed E-state index contributed by atoms with van der Waals surface area (Å²) < 4.78 is 55.8. The molecule has 2 amide bonds. The Hall–Kier alpha value is -2.27. The quantitative estimate of drug-likeness (QED) is 0.626. The molecular weight excluding hydrogens is 466 g/mol. The predicted octanol–water partition coefficient (Wildman–Crippen LogP) is 1.91. The fraction of sp³-hybridized carbons (Fsp3) is 0.652. The molecule has 1 heterocycles. The molecule has 34 heavy (non-hydrogen) atoms. The van der Waals surface area contributed by atoms with E-state index in [1.54, 1.807) is 0 Å². The van der Waals surface area contributed by atoms with E-state index >= 15 is 0 Å². The second-order valence-electron chi connectivity index (χ2n) is 10.6. The van der Waals surface area contributed by atoms with Gasteiger partial charge in [-0.15, -0.1) is 0 Å². The molecule has 4 aliphatic carbocycles. The summed E-state index contributed by atoms with van der Waals surface area (Å²) in [6.07, 6.45) is 5.53. The molecule has 1 saturated heterocycles. The van der Waals surface area contributed by atoms with Crippen molar-refractivity contribution in [2.24, 2.45) is 28.9 Å². The van der Waals surface area contributed by atoms with Crippen LogP contribution < -0.4 is 15.4 Å². The van der Waals surface area contributed by atoms with Gasteiger partial charge in [0.2, 0.25) is 11.8 Å². The van der Waals surface area contributed by atoms with E-state index in [9.17, 15) is 26.8 Å². The first-order valence-electron chi connectivity index (χ1n) is 11.9. The Balaban J connectivity index is 1.26. The van der Waals surface area contributed by atoms with Gasteiger partial charge in [-0.05, 0) is 73.8 Å².